The third-order valence-electron chi connectivity index (χ3n) is 4.16. The van der Waals surface area contributed by atoms with E-state index < -0.39 is 5.60 Å². The van der Waals surface area contributed by atoms with Crippen LogP contribution in [0.2, 0.25) is 0 Å². The Bertz CT molecular complexity index is 479. The Hall–Kier alpha value is -1.49. The number of ether oxygens (including phenoxy) is 1. The number of carbonyl (C=O) groups excluding carboxylic acids is 1. The summed E-state index contributed by atoms with van der Waals surface area (Å²) < 4.78 is 11.0. The molecule has 1 aliphatic heterocycles. The highest BCUT2D eigenvalue weighted by Gasteiger charge is 2.31. The quantitative estimate of drug-likeness (QED) is 0.854. The van der Waals surface area contributed by atoms with Crippen molar-refractivity contribution in [2.45, 2.75) is 58.2 Å². The van der Waals surface area contributed by atoms with Gasteiger partial charge in [-0.1, -0.05) is 0 Å². The van der Waals surface area contributed by atoms with Gasteiger partial charge in [0.25, 0.3) is 0 Å². The summed E-state index contributed by atoms with van der Waals surface area (Å²) in [4.78, 5) is 16.3. The number of hydrogen-bond donors (Lipinski definition) is 0. The average molecular weight is 308 g/mol. The Morgan fingerprint density at radius 3 is 2.82 bits per heavy atom. The van der Waals surface area contributed by atoms with Gasteiger partial charge in [-0.2, -0.15) is 0 Å². The molecule has 1 saturated heterocycles. The molecule has 2 heterocycles. The van der Waals surface area contributed by atoms with E-state index in [4.69, 9.17) is 9.15 Å². The van der Waals surface area contributed by atoms with Crippen LogP contribution in [0.3, 0.4) is 0 Å². The molecule has 22 heavy (non-hydrogen) atoms. The Morgan fingerprint density at radius 1 is 1.50 bits per heavy atom. The molecule has 1 aromatic rings. The third kappa shape index (κ3) is 4.26. The number of nitrogens with zero attached hydrogens (tertiary/aromatic N) is 2. The van der Waals surface area contributed by atoms with Crippen molar-refractivity contribution < 1.29 is 13.9 Å². The first-order chi connectivity index (χ1) is 10.3. The summed E-state index contributed by atoms with van der Waals surface area (Å²) in [7, 11) is 1.83. The van der Waals surface area contributed by atoms with Crippen LogP contribution in [0.25, 0.3) is 0 Å². The minimum atomic E-state index is -0.457. The molecule has 1 aromatic heterocycles. The van der Waals surface area contributed by atoms with Crippen LogP contribution in [0.4, 0.5) is 4.79 Å². The first-order valence-electron chi connectivity index (χ1n) is 8.01. The predicted octanol–water partition coefficient (Wildman–Crippen LogP) is 3.67. The number of rotatable bonds is 3. The fourth-order valence-corrected chi connectivity index (χ4v) is 2.84. The SMILES string of the molecule is C[C@@H](c1ccco1)N1CCC[C@H](N(C)C(=O)OC(C)(C)C)C1. The standard InChI is InChI=1S/C17H28N2O3/c1-13(15-9-7-11-21-15)19-10-6-8-14(12-19)18(5)16(20)22-17(2,3)4/h7,9,11,13-14H,6,8,10,12H2,1-5H3/t13-,14-/m0/s1. The summed E-state index contributed by atoms with van der Waals surface area (Å²) in [6, 6.07) is 4.33. The molecule has 5 nitrogen and oxygen atoms in total. The maximum absolute atomic E-state index is 12.2. The first-order valence-corrected chi connectivity index (χ1v) is 8.01. The average Bonchev–Trinajstić information content (AvgIpc) is 2.98. The number of carbonyl (C=O) groups is 1. The van der Waals surface area contributed by atoms with Crippen LogP contribution >= 0.6 is 0 Å². The van der Waals surface area contributed by atoms with Gasteiger partial charge in [0.05, 0.1) is 12.3 Å². The normalized spacial score (nSPS) is 21.4. The van der Waals surface area contributed by atoms with Gasteiger partial charge in [-0.15, -0.1) is 0 Å². The van der Waals surface area contributed by atoms with Crippen molar-refractivity contribution in [2.24, 2.45) is 0 Å². The number of furan rings is 1. The number of hydrogen-bond acceptors (Lipinski definition) is 4. The molecule has 124 valence electrons. The van der Waals surface area contributed by atoms with E-state index in [1.807, 2.05) is 40.0 Å². The minimum absolute atomic E-state index is 0.181. The molecule has 2 rings (SSSR count). The molecule has 0 N–H and O–H groups in total. The first kappa shape index (κ1) is 16.9. The molecule has 0 aromatic carbocycles. The van der Waals surface area contributed by atoms with Gasteiger partial charge in [-0.25, -0.2) is 4.79 Å². The maximum atomic E-state index is 12.2. The van der Waals surface area contributed by atoms with E-state index in [2.05, 4.69) is 11.8 Å². The molecule has 1 aliphatic rings. The van der Waals surface area contributed by atoms with Gasteiger partial charge in [-0.3, -0.25) is 4.90 Å². The second-order valence-electron chi connectivity index (χ2n) is 7.07. The Labute approximate surface area is 133 Å². The Kier molecular flexibility index (Phi) is 5.16. The van der Waals surface area contributed by atoms with Gasteiger partial charge in [0, 0.05) is 19.6 Å². The van der Waals surface area contributed by atoms with Crippen LogP contribution in [0, 0.1) is 0 Å². The maximum Gasteiger partial charge on any atom is 0.410 e. The highest BCUT2D eigenvalue weighted by atomic mass is 16.6. The van der Waals surface area contributed by atoms with Crippen LogP contribution in [0.5, 0.6) is 0 Å². The summed E-state index contributed by atoms with van der Waals surface area (Å²) in [5.41, 5.74) is -0.457. The number of likely N-dealkylation sites (N-methyl/N-ethyl adjacent to an activating group) is 1. The molecule has 5 heteroatoms. The number of amides is 1. The van der Waals surface area contributed by atoms with Gasteiger partial charge in [0.1, 0.15) is 11.4 Å². The highest BCUT2D eigenvalue weighted by Crippen LogP contribution is 2.26. The molecule has 0 radical (unpaired) electrons. The fourth-order valence-electron chi connectivity index (χ4n) is 2.84. The van der Waals surface area contributed by atoms with Crippen LogP contribution in [-0.4, -0.2) is 47.7 Å². The molecule has 0 aliphatic carbocycles. The molecule has 0 unspecified atom stereocenters. The van der Waals surface area contributed by atoms with E-state index in [-0.39, 0.29) is 18.2 Å². The summed E-state index contributed by atoms with van der Waals surface area (Å²) in [6.45, 7) is 9.70. The van der Waals surface area contributed by atoms with Crippen LogP contribution in [-0.2, 0) is 4.74 Å². The van der Waals surface area contributed by atoms with Gasteiger partial charge >= 0.3 is 6.09 Å². The van der Waals surface area contributed by atoms with E-state index in [0.717, 1.165) is 31.7 Å². The van der Waals surface area contributed by atoms with Gasteiger partial charge in [-0.05, 0) is 59.2 Å². The molecular weight excluding hydrogens is 280 g/mol. The largest absolute Gasteiger partial charge is 0.468 e. The van der Waals surface area contributed by atoms with E-state index in [1.165, 1.54) is 0 Å². The Morgan fingerprint density at radius 2 is 2.23 bits per heavy atom. The summed E-state index contributed by atoms with van der Waals surface area (Å²) >= 11 is 0. The van der Waals surface area contributed by atoms with Crippen molar-refractivity contribution in [3.63, 3.8) is 0 Å². The van der Waals surface area contributed by atoms with Gasteiger partial charge in [0.15, 0.2) is 0 Å². The van der Waals surface area contributed by atoms with Crippen molar-refractivity contribution >= 4 is 6.09 Å². The third-order valence-corrected chi connectivity index (χ3v) is 4.16. The van der Waals surface area contributed by atoms with Crippen molar-refractivity contribution in [2.75, 3.05) is 20.1 Å². The minimum Gasteiger partial charge on any atom is -0.468 e. The molecular formula is C17H28N2O3. The zero-order valence-electron chi connectivity index (χ0n) is 14.3. The smallest absolute Gasteiger partial charge is 0.410 e. The predicted molar refractivity (Wildman–Crippen MR) is 85.7 cm³/mol. The van der Waals surface area contributed by atoms with Gasteiger partial charge < -0.3 is 14.1 Å². The van der Waals surface area contributed by atoms with Crippen molar-refractivity contribution in [1.82, 2.24) is 9.80 Å². The van der Waals surface area contributed by atoms with Crippen molar-refractivity contribution in [3.8, 4) is 0 Å². The summed E-state index contributed by atoms with van der Waals surface area (Å²) in [5, 5.41) is 0. The number of likely N-dealkylation sites (tertiary alicyclic amines) is 1. The number of piperidine rings is 1. The van der Waals surface area contributed by atoms with Gasteiger partial charge in [0.2, 0.25) is 0 Å². The molecule has 1 fully saturated rings. The van der Waals surface area contributed by atoms with Crippen molar-refractivity contribution in [1.29, 1.82) is 0 Å². The molecule has 2 atom stereocenters. The van der Waals surface area contributed by atoms with E-state index in [9.17, 15) is 4.79 Å². The van der Waals surface area contributed by atoms with E-state index in [0.29, 0.717) is 0 Å². The second kappa shape index (κ2) is 6.73. The van der Waals surface area contributed by atoms with Crippen LogP contribution in [0.15, 0.2) is 22.8 Å². The molecule has 0 bridgehead atoms. The van der Waals surface area contributed by atoms with E-state index in [1.54, 1.807) is 11.2 Å². The van der Waals surface area contributed by atoms with Crippen LogP contribution < -0.4 is 0 Å². The highest BCUT2D eigenvalue weighted by molar-refractivity contribution is 5.68. The molecule has 0 saturated carbocycles. The molecule has 0 spiro atoms. The lowest BCUT2D eigenvalue weighted by atomic mass is 10.0. The topological polar surface area (TPSA) is 45.9 Å². The zero-order valence-corrected chi connectivity index (χ0v) is 14.3. The lowest BCUT2D eigenvalue weighted by Gasteiger charge is -2.40. The summed E-state index contributed by atoms with van der Waals surface area (Å²) in [5.74, 6) is 0.973. The monoisotopic (exact) mass is 308 g/mol. The summed E-state index contributed by atoms with van der Waals surface area (Å²) in [6.07, 6.45) is 3.55. The van der Waals surface area contributed by atoms with Crippen LogP contribution in [0.1, 0.15) is 52.3 Å². The zero-order chi connectivity index (χ0) is 16.3. The van der Waals surface area contributed by atoms with E-state index >= 15 is 0 Å². The van der Waals surface area contributed by atoms with Crippen molar-refractivity contribution in [3.05, 3.63) is 24.2 Å². The Balaban J connectivity index is 1.96. The second-order valence-corrected chi connectivity index (χ2v) is 7.07. The fraction of sp³-hybridized carbons (Fsp3) is 0.706. The lowest BCUT2D eigenvalue weighted by Crippen LogP contribution is -2.50. The molecule has 1 amide bonds. The lowest BCUT2D eigenvalue weighted by molar-refractivity contribution is 0.00972.